The lowest BCUT2D eigenvalue weighted by atomic mass is 9.91. The lowest BCUT2D eigenvalue weighted by Crippen LogP contribution is -2.31. The van der Waals surface area contributed by atoms with E-state index in [4.69, 9.17) is 11.1 Å². The van der Waals surface area contributed by atoms with Crippen LogP contribution in [-0.4, -0.2) is 15.7 Å². The van der Waals surface area contributed by atoms with E-state index in [1.807, 2.05) is 19.1 Å². The van der Waals surface area contributed by atoms with E-state index in [2.05, 4.69) is 34.3 Å². The van der Waals surface area contributed by atoms with Crippen LogP contribution in [0.1, 0.15) is 17.8 Å². The van der Waals surface area contributed by atoms with Crippen molar-refractivity contribution in [3.05, 3.63) is 52.3 Å². The van der Waals surface area contributed by atoms with Gasteiger partial charge in [-0.15, -0.1) is 0 Å². The Bertz CT molecular complexity index is 792. The summed E-state index contributed by atoms with van der Waals surface area (Å²) in [6.45, 7) is 1.86. The number of hydrogen-bond acceptors (Lipinski definition) is 4. The summed E-state index contributed by atoms with van der Waals surface area (Å²) < 4.78 is 0. The first-order valence-electron chi connectivity index (χ1n) is 6.60. The molecule has 1 heterocycles. The van der Waals surface area contributed by atoms with Gasteiger partial charge < -0.3 is 11.1 Å². The van der Waals surface area contributed by atoms with E-state index < -0.39 is 0 Å². The third kappa shape index (κ3) is 2.20. The van der Waals surface area contributed by atoms with Crippen molar-refractivity contribution in [2.75, 3.05) is 5.73 Å². The number of aryl methyl sites for hydroxylation is 1. The van der Waals surface area contributed by atoms with Crippen molar-refractivity contribution >= 4 is 23.7 Å². The van der Waals surface area contributed by atoms with Gasteiger partial charge in [0.15, 0.2) is 5.82 Å². The molecule has 1 aromatic carbocycles. The van der Waals surface area contributed by atoms with Gasteiger partial charge in [-0.3, -0.25) is 0 Å². The van der Waals surface area contributed by atoms with Crippen LogP contribution in [0.2, 0.25) is 0 Å². The van der Waals surface area contributed by atoms with Crippen molar-refractivity contribution in [1.82, 2.24) is 9.97 Å². The van der Waals surface area contributed by atoms with Crippen LogP contribution in [-0.2, 0) is 0 Å². The molecule has 1 unspecified atom stereocenters. The topological polar surface area (TPSA) is 75.7 Å². The number of nitrogens with two attached hydrogens (primary N) is 1. The fraction of sp³-hybridized carbons (Fsp3) is 0.188. The second kappa shape index (κ2) is 4.89. The average molecular weight is 264 g/mol. The summed E-state index contributed by atoms with van der Waals surface area (Å²) in [4.78, 5) is 8.45. The minimum Gasteiger partial charge on any atom is -0.382 e. The van der Waals surface area contributed by atoms with E-state index in [1.165, 1.54) is 5.22 Å². The summed E-state index contributed by atoms with van der Waals surface area (Å²) in [5, 5.41) is 10.8. The minimum atomic E-state index is 0.00306. The van der Waals surface area contributed by atoms with Crippen molar-refractivity contribution in [3.8, 4) is 0 Å². The highest BCUT2D eigenvalue weighted by Gasteiger charge is 2.19. The first-order chi connectivity index (χ1) is 9.65. The minimum absolute atomic E-state index is 0.00306. The molecule has 0 amide bonds. The number of rotatable bonds is 2. The van der Waals surface area contributed by atoms with Gasteiger partial charge in [-0.2, -0.15) is 0 Å². The van der Waals surface area contributed by atoms with Crippen LogP contribution < -0.4 is 16.2 Å². The molecule has 1 aliphatic carbocycles. The van der Waals surface area contributed by atoms with Crippen LogP contribution in [0.4, 0.5) is 5.82 Å². The number of hydrogen-bond donors (Lipinski definition) is 2. The van der Waals surface area contributed by atoms with Gasteiger partial charge >= 0.3 is 0 Å². The summed E-state index contributed by atoms with van der Waals surface area (Å²) in [5.41, 5.74) is 7.56. The summed E-state index contributed by atoms with van der Waals surface area (Å²) in [5.74, 6) is 0.330. The molecule has 4 nitrogen and oxygen atoms in total. The molecule has 2 aromatic rings. The highest BCUT2D eigenvalue weighted by molar-refractivity contribution is 6.05. The number of nitrogens with one attached hydrogen (secondary N) is 1. The zero-order chi connectivity index (χ0) is 14.1. The fourth-order valence-electron chi connectivity index (χ4n) is 2.45. The van der Waals surface area contributed by atoms with Crippen LogP contribution in [0.15, 0.2) is 30.5 Å². The third-order valence-electron chi connectivity index (χ3n) is 3.52. The molecule has 1 aromatic heterocycles. The number of benzene rings is 1. The lowest BCUT2D eigenvalue weighted by Gasteiger charge is -2.16. The van der Waals surface area contributed by atoms with E-state index in [0.29, 0.717) is 17.2 Å². The van der Waals surface area contributed by atoms with Gasteiger partial charge in [0.2, 0.25) is 0 Å². The predicted octanol–water partition coefficient (Wildman–Crippen LogP) is 1.02. The molecule has 1 atom stereocenters. The Morgan fingerprint density at radius 3 is 2.85 bits per heavy atom. The molecule has 100 valence electrons. The summed E-state index contributed by atoms with van der Waals surface area (Å²) in [6, 6.07) is 8.19. The van der Waals surface area contributed by atoms with Gasteiger partial charge in [0.25, 0.3) is 0 Å². The number of fused-ring (bicyclic) bond motifs is 1. The number of nitrogen functional groups attached to an aromatic ring is 1. The monoisotopic (exact) mass is 264 g/mol. The van der Waals surface area contributed by atoms with Gasteiger partial charge in [-0.1, -0.05) is 36.4 Å². The SMILES string of the molecule is Cc1cnc(N)c(C(=N)C2C=c3ccccc3=CC2)n1. The maximum atomic E-state index is 8.37. The van der Waals surface area contributed by atoms with E-state index in [0.717, 1.165) is 17.3 Å². The van der Waals surface area contributed by atoms with Gasteiger partial charge in [-0.05, 0) is 23.8 Å². The predicted molar refractivity (Wildman–Crippen MR) is 80.7 cm³/mol. The maximum absolute atomic E-state index is 8.37. The van der Waals surface area contributed by atoms with Gasteiger partial charge in [0.05, 0.1) is 17.6 Å². The quantitative estimate of drug-likeness (QED) is 0.795. The highest BCUT2D eigenvalue weighted by Crippen LogP contribution is 2.18. The number of anilines is 1. The number of nitrogens with zero attached hydrogens (tertiary/aromatic N) is 2. The van der Waals surface area contributed by atoms with Crippen molar-refractivity contribution in [2.45, 2.75) is 13.3 Å². The lowest BCUT2D eigenvalue weighted by molar-refractivity contribution is 0.922. The number of aromatic nitrogens is 2. The van der Waals surface area contributed by atoms with Crippen LogP contribution in [0.5, 0.6) is 0 Å². The second-order valence-corrected chi connectivity index (χ2v) is 5.00. The molecule has 0 saturated carbocycles. The van der Waals surface area contributed by atoms with Crippen LogP contribution >= 0.6 is 0 Å². The molecule has 3 rings (SSSR count). The van der Waals surface area contributed by atoms with Crippen molar-refractivity contribution < 1.29 is 0 Å². The second-order valence-electron chi connectivity index (χ2n) is 5.00. The Balaban J connectivity index is 2.01. The summed E-state index contributed by atoms with van der Waals surface area (Å²) >= 11 is 0. The summed E-state index contributed by atoms with van der Waals surface area (Å²) in [6.07, 6.45) is 6.69. The molecule has 3 N–H and O–H groups in total. The largest absolute Gasteiger partial charge is 0.382 e. The zero-order valence-corrected chi connectivity index (χ0v) is 11.3. The van der Waals surface area contributed by atoms with Gasteiger partial charge in [0.1, 0.15) is 5.69 Å². The first kappa shape index (κ1) is 12.5. The molecule has 0 radical (unpaired) electrons. The Morgan fingerprint density at radius 1 is 1.30 bits per heavy atom. The van der Waals surface area contributed by atoms with Crippen LogP contribution in [0, 0.1) is 18.3 Å². The third-order valence-corrected chi connectivity index (χ3v) is 3.52. The molecule has 0 fully saturated rings. The van der Waals surface area contributed by atoms with E-state index in [-0.39, 0.29) is 5.92 Å². The van der Waals surface area contributed by atoms with Crippen LogP contribution in [0.3, 0.4) is 0 Å². The fourth-order valence-corrected chi connectivity index (χ4v) is 2.45. The molecule has 0 saturated heterocycles. The highest BCUT2D eigenvalue weighted by atomic mass is 14.9. The van der Waals surface area contributed by atoms with Crippen LogP contribution in [0.25, 0.3) is 12.2 Å². The Hall–Kier alpha value is -2.49. The van der Waals surface area contributed by atoms with Crippen molar-refractivity contribution in [1.29, 1.82) is 5.41 Å². The van der Waals surface area contributed by atoms with Crippen molar-refractivity contribution in [3.63, 3.8) is 0 Å². The first-order valence-corrected chi connectivity index (χ1v) is 6.60. The van der Waals surface area contributed by atoms with E-state index in [1.54, 1.807) is 6.20 Å². The van der Waals surface area contributed by atoms with E-state index in [9.17, 15) is 0 Å². The maximum Gasteiger partial charge on any atom is 0.151 e. The molecule has 0 spiro atoms. The average Bonchev–Trinajstić information content (AvgIpc) is 2.48. The molecule has 20 heavy (non-hydrogen) atoms. The Kier molecular flexibility index (Phi) is 3.06. The van der Waals surface area contributed by atoms with Crippen molar-refractivity contribution in [2.24, 2.45) is 5.92 Å². The van der Waals surface area contributed by atoms with Gasteiger partial charge in [-0.25, -0.2) is 9.97 Å². The molecule has 1 aliphatic rings. The Morgan fingerprint density at radius 2 is 2.05 bits per heavy atom. The van der Waals surface area contributed by atoms with E-state index >= 15 is 0 Å². The summed E-state index contributed by atoms with van der Waals surface area (Å²) in [7, 11) is 0. The normalized spacial score (nSPS) is 16.8. The smallest absolute Gasteiger partial charge is 0.151 e. The molecule has 4 heteroatoms. The molecule has 0 bridgehead atoms. The molecular formula is C16H16N4. The van der Waals surface area contributed by atoms with Gasteiger partial charge in [0, 0.05) is 5.92 Å². The molecular weight excluding hydrogens is 248 g/mol. The molecule has 0 aliphatic heterocycles. The standard InChI is InChI=1S/C16H16N4/c1-10-9-19-16(18)15(20-10)14(17)13-7-6-11-4-2-3-5-12(11)8-13/h2-6,8-9,13,17H,7H2,1H3,(H2,18,19). The Labute approximate surface area is 117 Å². The zero-order valence-electron chi connectivity index (χ0n) is 11.3.